The molecule has 3 nitrogen and oxygen atoms in total. The van der Waals surface area contributed by atoms with Crippen LogP contribution in [0, 0.1) is 16.8 Å². The molecule has 0 aromatic heterocycles. The second-order valence-corrected chi connectivity index (χ2v) is 4.86. The van der Waals surface area contributed by atoms with Gasteiger partial charge in [-0.1, -0.05) is 0 Å². The van der Waals surface area contributed by atoms with Crippen molar-refractivity contribution in [1.82, 2.24) is 0 Å². The zero-order valence-electron chi connectivity index (χ0n) is 11.1. The van der Waals surface area contributed by atoms with E-state index in [9.17, 15) is 32.0 Å². The average molecular weight is 327 g/mol. The smallest absolute Gasteiger partial charge is 0.416 e. The van der Waals surface area contributed by atoms with Crippen LogP contribution in [-0.2, 0) is 6.18 Å². The fourth-order valence-corrected chi connectivity index (χ4v) is 2.35. The van der Waals surface area contributed by atoms with Crippen LogP contribution in [0.4, 0.5) is 27.6 Å². The van der Waals surface area contributed by atoms with Crippen molar-refractivity contribution in [2.75, 3.05) is 0 Å². The molecule has 0 unspecified atom stereocenters. The molecule has 1 aliphatic heterocycles. The topological polar surface area (TPSA) is 43.1 Å². The van der Waals surface area contributed by atoms with Gasteiger partial charge in [-0.3, -0.25) is 4.79 Å². The summed E-state index contributed by atoms with van der Waals surface area (Å²) in [6.45, 7) is 0. The Kier molecular flexibility index (Phi) is 3.20. The number of ketones is 1. The van der Waals surface area contributed by atoms with Gasteiger partial charge in [-0.25, -0.2) is 8.78 Å². The molecule has 2 aromatic carbocycles. The van der Waals surface area contributed by atoms with Gasteiger partial charge < -0.3 is 5.21 Å². The molecule has 0 bridgehead atoms. The summed E-state index contributed by atoms with van der Waals surface area (Å²) in [5, 5.41) is 12.1. The molecule has 1 aliphatic rings. The lowest BCUT2D eigenvalue weighted by molar-refractivity contribution is -0.355. The van der Waals surface area contributed by atoms with Gasteiger partial charge in [0, 0.05) is 12.1 Å². The highest BCUT2D eigenvalue weighted by Crippen LogP contribution is 2.35. The number of rotatable bonds is 1. The fraction of sp³-hybridized carbons (Fsp3) is 0.0667. The van der Waals surface area contributed by atoms with Crippen molar-refractivity contribution in [3.8, 4) is 0 Å². The Hall–Kier alpha value is -2.77. The van der Waals surface area contributed by atoms with Gasteiger partial charge in [-0.15, -0.1) is 0 Å². The molecule has 0 fully saturated rings. The number of Topliss-reactive ketones (excluding diaryl/α,β-unsaturated/α-hetero) is 1. The van der Waals surface area contributed by atoms with Crippen LogP contribution in [0.15, 0.2) is 36.4 Å². The van der Waals surface area contributed by atoms with Gasteiger partial charge in [-0.2, -0.15) is 17.9 Å². The van der Waals surface area contributed by atoms with E-state index in [1.54, 1.807) is 0 Å². The molecule has 0 radical (unpaired) electrons. The fourth-order valence-electron chi connectivity index (χ4n) is 2.35. The molecular weight excluding hydrogens is 321 g/mol. The summed E-state index contributed by atoms with van der Waals surface area (Å²) < 4.78 is 64.7. The normalized spacial score (nSPS) is 14.4. The van der Waals surface area contributed by atoms with Gasteiger partial charge in [0.25, 0.3) is 11.5 Å². The third-order valence-corrected chi connectivity index (χ3v) is 3.34. The second kappa shape index (κ2) is 4.87. The Bertz CT molecular complexity index is 850. The first kappa shape index (κ1) is 15.1. The minimum atomic E-state index is -4.68. The summed E-state index contributed by atoms with van der Waals surface area (Å²) in [6, 6.07) is 4.13. The van der Waals surface area contributed by atoms with Gasteiger partial charge in [0.05, 0.1) is 11.1 Å². The number of hydrogen-bond acceptors (Lipinski definition) is 2. The molecule has 0 saturated heterocycles. The first-order chi connectivity index (χ1) is 10.7. The van der Waals surface area contributed by atoms with Crippen molar-refractivity contribution in [3.05, 3.63) is 69.9 Å². The number of halogens is 5. The maximum atomic E-state index is 13.3. The lowest BCUT2D eigenvalue weighted by Gasteiger charge is -2.06. The van der Waals surface area contributed by atoms with Crippen LogP contribution in [0.5, 0.6) is 0 Å². The van der Waals surface area contributed by atoms with E-state index < -0.39 is 40.4 Å². The number of hydrogen-bond donors (Lipinski definition) is 0. The number of carbonyl (C=O) groups is 1. The first-order valence-corrected chi connectivity index (χ1v) is 6.25. The van der Waals surface area contributed by atoms with Crippen LogP contribution < -0.4 is 0 Å². The Morgan fingerprint density at radius 2 is 1.57 bits per heavy atom. The molecule has 0 atom stereocenters. The predicted octanol–water partition coefficient (Wildman–Crippen LogP) is 3.81. The molecule has 0 aliphatic carbocycles. The van der Waals surface area contributed by atoms with Crippen LogP contribution >= 0.6 is 0 Å². The minimum absolute atomic E-state index is 0.0754. The SMILES string of the molecule is O=C1C(c2cc(F)cc(F)c2)=[N+]([O-])c2ccc(C(F)(F)F)cc21. The summed E-state index contributed by atoms with van der Waals surface area (Å²) in [4.78, 5) is 12.2. The Morgan fingerprint density at radius 3 is 2.13 bits per heavy atom. The largest absolute Gasteiger partial charge is 0.618 e. The summed E-state index contributed by atoms with van der Waals surface area (Å²) in [6.07, 6.45) is -4.68. The maximum absolute atomic E-state index is 13.3. The standard InChI is InChI=1S/C15H6F5NO2/c16-9-3-7(4-10(17)6-9)13-14(22)11-5-8(15(18,19)20)1-2-12(11)21(13)23/h1-6H. The molecular formula is C15H6F5NO2. The van der Waals surface area contributed by atoms with Crippen LogP contribution in [0.3, 0.4) is 0 Å². The van der Waals surface area contributed by atoms with E-state index in [4.69, 9.17) is 0 Å². The van der Waals surface area contributed by atoms with E-state index in [0.29, 0.717) is 18.2 Å². The number of benzene rings is 2. The lowest BCUT2D eigenvalue weighted by Crippen LogP contribution is -2.17. The zero-order chi connectivity index (χ0) is 16.9. The Labute approximate surface area is 125 Å². The highest BCUT2D eigenvalue weighted by atomic mass is 19.4. The second-order valence-electron chi connectivity index (χ2n) is 4.86. The highest BCUT2D eigenvalue weighted by Gasteiger charge is 2.40. The van der Waals surface area contributed by atoms with E-state index in [1.165, 1.54) is 0 Å². The van der Waals surface area contributed by atoms with Crippen molar-refractivity contribution >= 4 is 17.2 Å². The predicted molar refractivity (Wildman–Crippen MR) is 69.5 cm³/mol. The molecule has 1 heterocycles. The number of nitrogens with zero attached hydrogens (tertiary/aromatic N) is 1. The zero-order valence-corrected chi connectivity index (χ0v) is 11.1. The van der Waals surface area contributed by atoms with Crippen molar-refractivity contribution in [2.24, 2.45) is 0 Å². The summed E-state index contributed by atoms with van der Waals surface area (Å²) >= 11 is 0. The molecule has 23 heavy (non-hydrogen) atoms. The van der Waals surface area contributed by atoms with E-state index in [2.05, 4.69) is 0 Å². The van der Waals surface area contributed by atoms with Gasteiger partial charge >= 0.3 is 6.18 Å². The van der Waals surface area contributed by atoms with E-state index >= 15 is 0 Å². The number of carbonyl (C=O) groups excluding carboxylic acids is 1. The van der Waals surface area contributed by atoms with Crippen molar-refractivity contribution in [1.29, 1.82) is 0 Å². The van der Waals surface area contributed by atoms with Gasteiger partial charge in [0.2, 0.25) is 5.69 Å². The highest BCUT2D eigenvalue weighted by molar-refractivity contribution is 6.52. The van der Waals surface area contributed by atoms with Gasteiger partial charge in [0.1, 0.15) is 17.2 Å². The van der Waals surface area contributed by atoms with Crippen LogP contribution in [0.2, 0.25) is 0 Å². The van der Waals surface area contributed by atoms with Crippen LogP contribution in [-0.4, -0.2) is 16.2 Å². The average Bonchev–Trinajstić information content (AvgIpc) is 2.68. The van der Waals surface area contributed by atoms with Crippen LogP contribution in [0.25, 0.3) is 0 Å². The molecule has 8 heteroatoms. The monoisotopic (exact) mass is 327 g/mol. The Balaban J connectivity index is 2.15. The first-order valence-electron chi connectivity index (χ1n) is 6.25. The lowest BCUT2D eigenvalue weighted by atomic mass is 10.0. The summed E-state index contributed by atoms with van der Waals surface area (Å²) in [7, 11) is 0. The van der Waals surface area contributed by atoms with Crippen molar-refractivity contribution in [2.45, 2.75) is 6.18 Å². The van der Waals surface area contributed by atoms with Gasteiger partial charge in [-0.05, 0) is 24.3 Å². The molecule has 0 N–H and O–H groups in total. The van der Waals surface area contributed by atoms with Crippen molar-refractivity contribution in [3.63, 3.8) is 0 Å². The van der Waals surface area contributed by atoms with E-state index in [1.807, 2.05) is 0 Å². The molecule has 118 valence electrons. The maximum Gasteiger partial charge on any atom is 0.416 e. The summed E-state index contributed by atoms with van der Waals surface area (Å²) in [5.74, 6) is -3.05. The Morgan fingerprint density at radius 1 is 0.957 bits per heavy atom. The molecule has 0 amide bonds. The van der Waals surface area contributed by atoms with E-state index in [0.717, 1.165) is 18.2 Å². The quantitative estimate of drug-likeness (QED) is 0.454. The number of alkyl halides is 3. The molecule has 3 rings (SSSR count). The molecule has 0 saturated carbocycles. The van der Waals surface area contributed by atoms with Crippen LogP contribution in [0.1, 0.15) is 21.5 Å². The molecule has 2 aromatic rings. The molecule has 0 spiro atoms. The minimum Gasteiger partial charge on any atom is -0.618 e. The third-order valence-electron chi connectivity index (χ3n) is 3.34. The van der Waals surface area contributed by atoms with Gasteiger partial charge in [0.15, 0.2) is 0 Å². The third kappa shape index (κ3) is 2.45. The van der Waals surface area contributed by atoms with E-state index in [-0.39, 0.29) is 16.0 Å². The van der Waals surface area contributed by atoms with Crippen molar-refractivity contribution < 1.29 is 31.5 Å². The summed E-state index contributed by atoms with van der Waals surface area (Å²) in [5.41, 5.74) is -2.83. The number of fused-ring (bicyclic) bond motifs is 1.